The van der Waals surface area contributed by atoms with Gasteiger partial charge in [-0.05, 0) is 32.4 Å². The number of nitrogens with zero attached hydrogens (tertiary/aromatic N) is 2. The number of nitrogens with one attached hydrogen (secondary N) is 2. The molecular formula is C19H24N4O4. The molecule has 0 saturated carbocycles. The van der Waals surface area contributed by atoms with E-state index in [-0.39, 0.29) is 24.7 Å². The summed E-state index contributed by atoms with van der Waals surface area (Å²) in [6, 6.07) is 6.49. The molecule has 1 atom stereocenters. The van der Waals surface area contributed by atoms with Crippen molar-refractivity contribution < 1.29 is 19.5 Å². The van der Waals surface area contributed by atoms with Gasteiger partial charge in [0.15, 0.2) is 0 Å². The molecule has 2 aromatic rings. The molecule has 1 unspecified atom stereocenters. The highest BCUT2D eigenvalue weighted by atomic mass is 16.4. The molecule has 1 aromatic heterocycles. The van der Waals surface area contributed by atoms with E-state index in [1.54, 1.807) is 6.07 Å². The van der Waals surface area contributed by atoms with Crippen LogP contribution in [0.5, 0.6) is 0 Å². The lowest BCUT2D eigenvalue weighted by atomic mass is 10.0. The maximum absolute atomic E-state index is 12.8. The molecule has 8 heteroatoms. The molecule has 0 fully saturated rings. The summed E-state index contributed by atoms with van der Waals surface area (Å²) in [6.45, 7) is 6.98. The molecule has 0 aliphatic heterocycles. The summed E-state index contributed by atoms with van der Waals surface area (Å²) in [5.41, 5.74) is 3.86. The number of carboxylic acid groups (broad SMARTS) is 1. The molecule has 1 aromatic carbocycles. The van der Waals surface area contributed by atoms with Crippen molar-refractivity contribution in [2.24, 2.45) is 0 Å². The minimum absolute atomic E-state index is 0.0732. The number of carbonyl (C=O) groups is 3. The predicted octanol–water partition coefficient (Wildman–Crippen LogP) is 1.74. The van der Waals surface area contributed by atoms with Crippen LogP contribution in [0.1, 0.15) is 35.5 Å². The van der Waals surface area contributed by atoms with Gasteiger partial charge in [0.2, 0.25) is 5.91 Å². The van der Waals surface area contributed by atoms with Crippen molar-refractivity contribution in [3.05, 3.63) is 41.1 Å². The van der Waals surface area contributed by atoms with Crippen LogP contribution in [0.2, 0.25) is 0 Å². The van der Waals surface area contributed by atoms with E-state index in [2.05, 4.69) is 15.5 Å². The van der Waals surface area contributed by atoms with E-state index in [9.17, 15) is 19.5 Å². The Morgan fingerprint density at radius 3 is 2.56 bits per heavy atom. The van der Waals surface area contributed by atoms with Crippen molar-refractivity contribution in [1.29, 1.82) is 0 Å². The van der Waals surface area contributed by atoms with Gasteiger partial charge in [-0.25, -0.2) is 4.79 Å². The molecule has 2 amide bonds. The van der Waals surface area contributed by atoms with Gasteiger partial charge in [0, 0.05) is 25.6 Å². The average molecular weight is 372 g/mol. The van der Waals surface area contributed by atoms with Crippen molar-refractivity contribution in [3.8, 4) is 11.3 Å². The smallest absolute Gasteiger partial charge is 0.326 e. The Morgan fingerprint density at radius 1 is 1.26 bits per heavy atom. The highest BCUT2D eigenvalue weighted by Crippen LogP contribution is 2.23. The van der Waals surface area contributed by atoms with Crippen LogP contribution in [0.25, 0.3) is 11.3 Å². The Balaban J connectivity index is 2.25. The standard InChI is InChI=1S/C19H24N4O4/c1-11-5-6-15(12(2)9-11)16-10-17(22-21-16)18(25)23(13(3)19(26)27)8-7-20-14(4)24/h5-6,9-10,13H,7-8H2,1-4H3,(H,20,24)(H,21,22)(H,26,27). The van der Waals surface area contributed by atoms with Gasteiger partial charge >= 0.3 is 5.97 Å². The fraction of sp³-hybridized carbons (Fsp3) is 0.368. The lowest BCUT2D eigenvalue weighted by Crippen LogP contribution is -2.46. The second-order valence-corrected chi connectivity index (χ2v) is 6.48. The van der Waals surface area contributed by atoms with Crippen LogP contribution in [0, 0.1) is 13.8 Å². The topological polar surface area (TPSA) is 115 Å². The number of hydrogen-bond donors (Lipinski definition) is 3. The number of carbonyl (C=O) groups excluding carboxylic acids is 2. The van der Waals surface area contributed by atoms with Gasteiger partial charge in [-0.2, -0.15) is 5.10 Å². The molecule has 8 nitrogen and oxygen atoms in total. The molecule has 27 heavy (non-hydrogen) atoms. The summed E-state index contributed by atoms with van der Waals surface area (Å²) in [6.07, 6.45) is 0. The van der Waals surface area contributed by atoms with Gasteiger partial charge in [0.25, 0.3) is 5.91 Å². The number of amides is 2. The van der Waals surface area contributed by atoms with E-state index in [0.717, 1.165) is 16.7 Å². The lowest BCUT2D eigenvalue weighted by molar-refractivity contribution is -0.141. The predicted molar refractivity (Wildman–Crippen MR) is 100 cm³/mol. The quantitative estimate of drug-likeness (QED) is 0.685. The summed E-state index contributed by atoms with van der Waals surface area (Å²) >= 11 is 0. The molecule has 1 heterocycles. The van der Waals surface area contributed by atoms with Crippen molar-refractivity contribution in [1.82, 2.24) is 20.4 Å². The molecule has 0 saturated heterocycles. The first-order chi connectivity index (χ1) is 12.7. The largest absolute Gasteiger partial charge is 0.480 e. The Morgan fingerprint density at radius 2 is 1.96 bits per heavy atom. The molecule has 144 valence electrons. The lowest BCUT2D eigenvalue weighted by Gasteiger charge is -2.26. The zero-order valence-corrected chi connectivity index (χ0v) is 15.9. The number of hydrogen-bond acceptors (Lipinski definition) is 4. The molecule has 0 aliphatic rings. The van der Waals surface area contributed by atoms with E-state index < -0.39 is 17.9 Å². The van der Waals surface area contributed by atoms with Gasteiger partial charge in [-0.15, -0.1) is 0 Å². The summed E-state index contributed by atoms with van der Waals surface area (Å²) in [5, 5.41) is 18.8. The van der Waals surface area contributed by atoms with Crippen LogP contribution in [0.15, 0.2) is 24.3 Å². The number of rotatable bonds is 7. The van der Waals surface area contributed by atoms with Crippen molar-refractivity contribution in [2.75, 3.05) is 13.1 Å². The first-order valence-corrected chi connectivity index (χ1v) is 8.62. The van der Waals surface area contributed by atoms with Crippen LogP contribution < -0.4 is 5.32 Å². The van der Waals surface area contributed by atoms with Crippen LogP contribution in [-0.2, 0) is 9.59 Å². The molecule has 2 rings (SSSR count). The van der Waals surface area contributed by atoms with Crippen LogP contribution in [-0.4, -0.2) is 57.1 Å². The van der Waals surface area contributed by atoms with Gasteiger partial charge in [-0.3, -0.25) is 14.7 Å². The molecule has 0 aliphatic carbocycles. The van der Waals surface area contributed by atoms with Gasteiger partial charge in [0.05, 0.1) is 5.69 Å². The average Bonchev–Trinajstić information content (AvgIpc) is 3.07. The molecule has 0 radical (unpaired) electrons. The van der Waals surface area contributed by atoms with Gasteiger partial charge in [-0.1, -0.05) is 23.8 Å². The SMILES string of the molecule is CC(=O)NCCN(C(=O)c1cc(-c2ccc(C)cc2C)n[nH]1)C(C)C(=O)O. The maximum atomic E-state index is 12.8. The Bertz CT molecular complexity index is 859. The Kier molecular flexibility index (Phi) is 6.33. The summed E-state index contributed by atoms with van der Waals surface area (Å²) < 4.78 is 0. The maximum Gasteiger partial charge on any atom is 0.326 e. The zero-order chi connectivity index (χ0) is 20.1. The summed E-state index contributed by atoms with van der Waals surface area (Å²) in [4.78, 5) is 36.4. The third-order valence-electron chi connectivity index (χ3n) is 4.28. The van der Waals surface area contributed by atoms with Gasteiger partial charge < -0.3 is 15.3 Å². The minimum atomic E-state index is -1.12. The van der Waals surface area contributed by atoms with Crippen LogP contribution in [0.3, 0.4) is 0 Å². The van der Waals surface area contributed by atoms with Crippen LogP contribution in [0.4, 0.5) is 0 Å². The van der Waals surface area contributed by atoms with E-state index in [4.69, 9.17) is 0 Å². The first kappa shape index (κ1) is 20.2. The highest BCUT2D eigenvalue weighted by molar-refractivity contribution is 5.96. The van der Waals surface area contributed by atoms with E-state index in [1.165, 1.54) is 18.7 Å². The Hall–Kier alpha value is -3.16. The van der Waals surface area contributed by atoms with Crippen molar-refractivity contribution in [3.63, 3.8) is 0 Å². The fourth-order valence-corrected chi connectivity index (χ4v) is 2.78. The van der Waals surface area contributed by atoms with E-state index in [0.29, 0.717) is 5.69 Å². The van der Waals surface area contributed by atoms with Gasteiger partial charge in [0.1, 0.15) is 11.7 Å². The van der Waals surface area contributed by atoms with Crippen molar-refractivity contribution in [2.45, 2.75) is 33.7 Å². The minimum Gasteiger partial charge on any atom is -0.480 e. The number of aryl methyl sites for hydroxylation is 2. The monoisotopic (exact) mass is 372 g/mol. The molecule has 0 bridgehead atoms. The van der Waals surface area contributed by atoms with E-state index >= 15 is 0 Å². The van der Waals surface area contributed by atoms with Crippen LogP contribution >= 0.6 is 0 Å². The Labute approximate surface area is 157 Å². The van der Waals surface area contributed by atoms with E-state index in [1.807, 2.05) is 32.0 Å². The number of benzene rings is 1. The molecule has 3 N–H and O–H groups in total. The molecular weight excluding hydrogens is 348 g/mol. The summed E-state index contributed by atoms with van der Waals surface area (Å²) in [5.74, 6) is -1.86. The van der Waals surface area contributed by atoms with Crippen molar-refractivity contribution >= 4 is 17.8 Å². The number of aromatic amines is 1. The summed E-state index contributed by atoms with van der Waals surface area (Å²) in [7, 11) is 0. The third kappa shape index (κ3) is 4.93. The second kappa shape index (κ2) is 8.48. The third-order valence-corrected chi connectivity index (χ3v) is 4.28. The number of H-pyrrole nitrogens is 1. The zero-order valence-electron chi connectivity index (χ0n) is 15.9. The number of carboxylic acids is 1. The molecule has 0 spiro atoms. The number of aromatic nitrogens is 2. The second-order valence-electron chi connectivity index (χ2n) is 6.48. The first-order valence-electron chi connectivity index (χ1n) is 8.62. The highest BCUT2D eigenvalue weighted by Gasteiger charge is 2.27. The number of aliphatic carboxylic acids is 1. The fourth-order valence-electron chi connectivity index (χ4n) is 2.78. The normalized spacial score (nSPS) is 11.7.